The lowest BCUT2D eigenvalue weighted by Gasteiger charge is -2.37. The number of likely N-dealkylation sites (N-methyl/N-ethyl adjacent to an activating group) is 1. The van der Waals surface area contributed by atoms with Gasteiger partial charge >= 0.3 is 6.09 Å². The van der Waals surface area contributed by atoms with Gasteiger partial charge in [-0.1, -0.05) is 17.3 Å². The summed E-state index contributed by atoms with van der Waals surface area (Å²) < 4.78 is 16.5. The molecule has 4 heterocycles. The number of aryl methyl sites for hydroxylation is 2. The largest absolute Gasteiger partial charge is 0.491 e. The van der Waals surface area contributed by atoms with Crippen molar-refractivity contribution in [1.29, 1.82) is 0 Å². The molecule has 5 rings (SSSR count). The number of carbonyl (C=O) groups is 1. The summed E-state index contributed by atoms with van der Waals surface area (Å²) >= 11 is 0. The van der Waals surface area contributed by atoms with Crippen LogP contribution < -0.4 is 15.0 Å². The van der Waals surface area contributed by atoms with E-state index in [4.69, 9.17) is 24.0 Å². The van der Waals surface area contributed by atoms with E-state index in [9.17, 15) is 9.90 Å². The Morgan fingerprint density at radius 3 is 2.84 bits per heavy atom. The van der Waals surface area contributed by atoms with Crippen molar-refractivity contribution in [2.75, 3.05) is 51.3 Å². The van der Waals surface area contributed by atoms with Crippen molar-refractivity contribution in [2.45, 2.75) is 32.9 Å². The lowest BCUT2D eigenvalue weighted by molar-refractivity contribution is 0.108. The summed E-state index contributed by atoms with van der Waals surface area (Å²) in [6.45, 7) is 8.60. The summed E-state index contributed by atoms with van der Waals surface area (Å²) in [5.74, 6) is 2.65. The number of anilines is 1. The molecule has 2 unspecified atom stereocenters. The van der Waals surface area contributed by atoms with Gasteiger partial charge in [-0.2, -0.15) is 0 Å². The second-order valence-electron chi connectivity index (χ2n) is 9.46. The van der Waals surface area contributed by atoms with Gasteiger partial charge in [-0.05, 0) is 40.0 Å². The number of nitrogens with one attached hydrogen (secondary N) is 1. The minimum atomic E-state index is -0.618. The Labute approximate surface area is 215 Å². The van der Waals surface area contributed by atoms with Gasteiger partial charge in [0.15, 0.2) is 5.82 Å². The van der Waals surface area contributed by atoms with Crippen molar-refractivity contribution < 1.29 is 23.9 Å². The molecule has 2 aromatic heterocycles. The normalized spacial score (nSPS) is 18.1. The molecule has 2 N–H and O–H groups in total. The van der Waals surface area contributed by atoms with E-state index in [-0.39, 0.29) is 18.7 Å². The van der Waals surface area contributed by atoms with E-state index >= 15 is 0 Å². The summed E-state index contributed by atoms with van der Waals surface area (Å²) in [5.41, 5.74) is 4.06. The number of nitrogens with zero attached hydrogens (tertiary/aromatic N) is 5. The summed E-state index contributed by atoms with van der Waals surface area (Å²) in [7, 11) is 1.78. The number of aliphatic hydroxyl groups excluding tert-OH is 1. The van der Waals surface area contributed by atoms with Gasteiger partial charge in [0.1, 0.15) is 36.6 Å². The second-order valence-corrected chi connectivity index (χ2v) is 9.46. The number of aliphatic hydroxyl groups is 1. The molecule has 1 aromatic carbocycles. The van der Waals surface area contributed by atoms with Crippen LogP contribution in [0.3, 0.4) is 0 Å². The van der Waals surface area contributed by atoms with Crippen LogP contribution in [0, 0.1) is 20.8 Å². The van der Waals surface area contributed by atoms with Gasteiger partial charge in [0, 0.05) is 37.3 Å². The van der Waals surface area contributed by atoms with E-state index in [1.54, 1.807) is 11.9 Å². The monoisotopic (exact) mass is 508 g/mol. The maximum absolute atomic E-state index is 12.0. The number of benzene rings is 1. The molecule has 0 spiro atoms. The van der Waals surface area contributed by atoms with Gasteiger partial charge in [0.2, 0.25) is 0 Å². The molecule has 2 aliphatic rings. The van der Waals surface area contributed by atoms with Crippen molar-refractivity contribution in [3.05, 3.63) is 41.3 Å². The van der Waals surface area contributed by atoms with Gasteiger partial charge in [-0.15, -0.1) is 0 Å². The predicted molar refractivity (Wildman–Crippen MR) is 137 cm³/mol. The standard InChI is InChI=1S/C26H32N6O5/c1-15-23(22-16(2)30-37-17(22)3)28-24(18-6-5-7-21(10-18)35-14-20(33)11-27-4)29-25(15)31-8-9-32-19(12-31)13-36-26(32)34/h5-7,10,19-20,27,33H,8-9,11-14H2,1-4H3. The first-order chi connectivity index (χ1) is 17.9. The highest BCUT2D eigenvalue weighted by molar-refractivity contribution is 5.76. The fraction of sp³-hybridized carbons (Fsp3) is 0.462. The molecule has 37 heavy (non-hydrogen) atoms. The van der Waals surface area contributed by atoms with Gasteiger partial charge in [-0.25, -0.2) is 14.8 Å². The molecule has 0 saturated carbocycles. The molecule has 2 atom stereocenters. The third kappa shape index (κ3) is 4.96. The van der Waals surface area contributed by atoms with E-state index in [1.165, 1.54) is 0 Å². The van der Waals surface area contributed by atoms with E-state index in [0.29, 0.717) is 50.1 Å². The van der Waals surface area contributed by atoms with E-state index < -0.39 is 6.10 Å². The maximum atomic E-state index is 12.0. The van der Waals surface area contributed by atoms with Gasteiger partial charge in [0.25, 0.3) is 0 Å². The maximum Gasteiger partial charge on any atom is 0.410 e. The minimum absolute atomic E-state index is 0.0117. The first-order valence-electron chi connectivity index (χ1n) is 12.4. The van der Waals surface area contributed by atoms with E-state index in [0.717, 1.165) is 33.9 Å². The number of amides is 1. The SMILES string of the molecule is CNCC(O)COc1cccc(-c2nc(-c3c(C)noc3C)c(C)c(N3CCN4C(=O)OCC4C3)n2)c1. The fourth-order valence-corrected chi connectivity index (χ4v) is 4.90. The molecule has 11 nitrogen and oxygen atoms in total. The number of aromatic nitrogens is 3. The van der Waals surface area contributed by atoms with Crippen molar-refractivity contribution >= 4 is 11.9 Å². The number of rotatable bonds is 8. The molecule has 2 saturated heterocycles. The molecular weight excluding hydrogens is 476 g/mol. The summed E-state index contributed by atoms with van der Waals surface area (Å²) in [4.78, 5) is 26.0. The van der Waals surface area contributed by atoms with Crippen LogP contribution in [0.1, 0.15) is 17.0 Å². The first kappa shape index (κ1) is 25.0. The van der Waals surface area contributed by atoms with E-state index in [1.807, 2.05) is 45.0 Å². The highest BCUT2D eigenvalue weighted by atomic mass is 16.6. The Morgan fingerprint density at radius 2 is 2.08 bits per heavy atom. The van der Waals surface area contributed by atoms with Crippen LogP contribution in [0.4, 0.5) is 10.6 Å². The summed E-state index contributed by atoms with van der Waals surface area (Å²) in [5, 5.41) is 17.1. The number of hydrogen-bond donors (Lipinski definition) is 2. The molecule has 0 aliphatic carbocycles. The summed E-state index contributed by atoms with van der Waals surface area (Å²) in [6.07, 6.45) is -0.870. The van der Waals surface area contributed by atoms with Crippen LogP contribution in [0.15, 0.2) is 28.8 Å². The Kier molecular flexibility index (Phi) is 6.98. The molecule has 3 aromatic rings. The smallest absolute Gasteiger partial charge is 0.410 e. The molecule has 2 fully saturated rings. The van der Waals surface area contributed by atoms with Crippen molar-refractivity contribution in [3.8, 4) is 28.4 Å². The zero-order valence-corrected chi connectivity index (χ0v) is 21.5. The van der Waals surface area contributed by atoms with Crippen molar-refractivity contribution in [2.24, 2.45) is 0 Å². The summed E-state index contributed by atoms with van der Waals surface area (Å²) in [6, 6.07) is 7.52. The Hall–Kier alpha value is -3.70. The van der Waals surface area contributed by atoms with Crippen LogP contribution in [0.25, 0.3) is 22.6 Å². The highest BCUT2D eigenvalue weighted by Gasteiger charge is 2.38. The van der Waals surface area contributed by atoms with Gasteiger partial charge in [-0.3, -0.25) is 4.90 Å². The molecular formula is C26H32N6O5. The third-order valence-corrected chi connectivity index (χ3v) is 6.78. The quantitative estimate of drug-likeness (QED) is 0.468. The number of fused-ring (bicyclic) bond motifs is 1. The molecule has 2 aliphatic heterocycles. The van der Waals surface area contributed by atoms with Crippen molar-refractivity contribution in [1.82, 2.24) is 25.3 Å². The number of carbonyl (C=O) groups excluding carboxylic acids is 1. The van der Waals surface area contributed by atoms with Gasteiger partial charge in [0.05, 0.1) is 23.0 Å². The van der Waals surface area contributed by atoms with Crippen LogP contribution in [0.5, 0.6) is 5.75 Å². The Morgan fingerprint density at radius 1 is 1.24 bits per heavy atom. The number of piperazine rings is 1. The molecule has 0 bridgehead atoms. The molecule has 0 radical (unpaired) electrons. The topological polar surface area (TPSA) is 126 Å². The lowest BCUT2D eigenvalue weighted by Crippen LogP contribution is -2.52. The third-order valence-electron chi connectivity index (χ3n) is 6.78. The number of cyclic esters (lactones) is 1. The molecule has 1 amide bonds. The number of hydrogen-bond acceptors (Lipinski definition) is 10. The van der Waals surface area contributed by atoms with Crippen molar-refractivity contribution in [3.63, 3.8) is 0 Å². The zero-order chi connectivity index (χ0) is 26.1. The van der Waals surface area contributed by atoms with Crippen LogP contribution in [0.2, 0.25) is 0 Å². The van der Waals surface area contributed by atoms with Crippen LogP contribution in [-0.4, -0.2) is 89.8 Å². The molecule has 196 valence electrons. The Balaban J connectivity index is 1.53. The average Bonchev–Trinajstić information content (AvgIpc) is 3.44. The lowest BCUT2D eigenvalue weighted by atomic mass is 10.0. The van der Waals surface area contributed by atoms with Crippen LogP contribution >= 0.6 is 0 Å². The Bertz CT molecular complexity index is 1270. The molecule has 11 heteroatoms. The fourth-order valence-electron chi connectivity index (χ4n) is 4.90. The number of ether oxygens (including phenoxy) is 2. The first-order valence-corrected chi connectivity index (χ1v) is 12.4. The predicted octanol–water partition coefficient (Wildman–Crippen LogP) is 2.32. The van der Waals surface area contributed by atoms with Gasteiger partial charge < -0.3 is 29.3 Å². The zero-order valence-electron chi connectivity index (χ0n) is 21.5. The average molecular weight is 509 g/mol. The second kappa shape index (κ2) is 10.3. The van der Waals surface area contributed by atoms with E-state index in [2.05, 4.69) is 15.4 Å². The minimum Gasteiger partial charge on any atom is -0.491 e. The highest BCUT2D eigenvalue weighted by Crippen LogP contribution is 2.36. The van der Waals surface area contributed by atoms with Crippen LogP contribution in [-0.2, 0) is 4.74 Å².